The van der Waals surface area contributed by atoms with E-state index >= 15 is 0 Å². The van der Waals surface area contributed by atoms with Gasteiger partial charge in [0.15, 0.2) is 0 Å². The minimum absolute atomic E-state index is 0.753. The van der Waals surface area contributed by atoms with Crippen LogP contribution in [-0.4, -0.2) is 31.4 Å². The van der Waals surface area contributed by atoms with Crippen molar-refractivity contribution in [1.29, 1.82) is 0 Å². The molecule has 1 atom stereocenters. The Balaban J connectivity index is 0.000000196. The lowest BCUT2D eigenvalue weighted by atomic mass is 9.95. The van der Waals surface area contributed by atoms with E-state index in [1.165, 1.54) is 11.1 Å². The average Bonchev–Trinajstić information content (AvgIpc) is 2.08. The van der Waals surface area contributed by atoms with E-state index < -0.39 is 26.0 Å². The van der Waals surface area contributed by atoms with Gasteiger partial charge in [0, 0.05) is 0 Å². The van der Waals surface area contributed by atoms with E-state index in [0.717, 1.165) is 6.92 Å². The Morgan fingerprint density at radius 2 is 1.35 bits per heavy atom. The summed E-state index contributed by atoms with van der Waals surface area (Å²) in [7, 11) is -9.44. The van der Waals surface area contributed by atoms with Gasteiger partial charge in [-0.05, 0) is 18.1 Å². The van der Waals surface area contributed by atoms with Crippen molar-refractivity contribution in [3.05, 3.63) is 24.3 Å². The van der Waals surface area contributed by atoms with Gasteiger partial charge in [0.05, 0.1) is 0 Å². The molecule has 7 nitrogen and oxygen atoms in total. The zero-order valence-electron chi connectivity index (χ0n) is 8.64. The minimum atomic E-state index is -4.85. The largest absolute Gasteiger partial charge is 0.398 e. The van der Waals surface area contributed by atoms with Crippen molar-refractivity contribution < 1.29 is 30.1 Å². The summed E-state index contributed by atoms with van der Waals surface area (Å²) in [6, 6.07) is 8.48. The van der Waals surface area contributed by atoms with Crippen LogP contribution in [0.15, 0.2) is 24.3 Å². The van der Waals surface area contributed by atoms with Gasteiger partial charge in [0.2, 0.25) is 5.44 Å². The molecule has 0 saturated heterocycles. The summed E-state index contributed by atoms with van der Waals surface area (Å²) < 4.78 is 59.4. The molecule has 0 heterocycles. The molecule has 2 aliphatic rings. The van der Waals surface area contributed by atoms with Gasteiger partial charge in [-0.15, -0.1) is 0 Å². The Bertz CT molecular complexity index is 564. The number of fused-ring (bicyclic) bond motifs is 1. The lowest BCUT2D eigenvalue weighted by Gasteiger charge is -2.10. The fourth-order valence-electron chi connectivity index (χ4n) is 0.884. The maximum Gasteiger partial charge on any atom is 0.398 e. The first-order chi connectivity index (χ1) is 7.59. The quantitative estimate of drug-likeness (QED) is 0.795. The predicted octanol–water partition coefficient (Wildman–Crippen LogP) is 0.707. The molecule has 0 fully saturated rings. The van der Waals surface area contributed by atoms with Crippen molar-refractivity contribution in [2.45, 2.75) is 12.4 Å². The van der Waals surface area contributed by atoms with E-state index in [0.29, 0.717) is 0 Å². The number of rotatable bonds is 3. The van der Waals surface area contributed by atoms with Crippen molar-refractivity contribution in [2.75, 3.05) is 0 Å². The van der Waals surface area contributed by atoms with Gasteiger partial charge >= 0.3 is 10.4 Å². The molecule has 0 aliphatic heterocycles. The topological polar surface area (TPSA) is 118 Å². The van der Waals surface area contributed by atoms with E-state index in [2.05, 4.69) is 28.4 Å². The first kappa shape index (κ1) is 14.1. The molecule has 0 bridgehead atoms. The van der Waals surface area contributed by atoms with Gasteiger partial charge in [0.1, 0.15) is 0 Å². The van der Waals surface area contributed by atoms with Gasteiger partial charge in [0.25, 0.3) is 10.1 Å². The predicted molar refractivity (Wildman–Crippen MR) is 59.1 cm³/mol. The molecule has 2 aliphatic carbocycles. The van der Waals surface area contributed by atoms with Crippen molar-refractivity contribution in [1.82, 2.24) is 0 Å². The molecule has 0 aromatic rings. The Morgan fingerprint density at radius 1 is 1.00 bits per heavy atom. The summed E-state index contributed by atoms with van der Waals surface area (Å²) in [6.07, 6.45) is 0. The fourth-order valence-corrected chi connectivity index (χ4v) is 1.92. The Kier molecular flexibility index (Phi) is 3.89. The number of hydrogen-bond donors (Lipinski definition) is 2. The summed E-state index contributed by atoms with van der Waals surface area (Å²) in [5.41, 5.74) is 0.850. The lowest BCUT2D eigenvalue weighted by molar-refractivity contribution is 0.240. The molecule has 96 valence electrons. The third kappa shape index (κ3) is 4.40. The molecule has 0 saturated carbocycles. The van der Waals surface area contributed by atoms with Crippen molar-refractivity contribution in [3.63, 3.8) is 0 Å². The summed E-state index contributed by atoms with van der Waals surface area (Å²) in [5.74, 6) is 0. The molecule has 1 unspecified atom stereocenters. The van der Waals surface area contributed by atoms with Crippen LogP contribution in [0, 0.1) is 0 Å². The van der Waals surface area contributed by atoms with Gasteiger partial charge in [-0.2, -0.15) is 16.8 Å². The lowest BCUT2D eigenvalue weighted by Crippen LogP contribution is -2.23. The molecule has 2 N–H and O–H groups in total. The highest BCUT2D eigenvalue weighted by Gasteiger charge is 2.23. The van der Waals surface area contributed by atoms with E-state index in [1.54, 1.807) is 0 Å². The van der Waals surface area contributed by atoms with E-state index in [4.69, 9.17) is 9.11 Å². The molecule has 0 spiro atoms. The molecule has 9 heteroatoms. The summed E-state index contributed by atoms with van der Waals surface area (Å²) in [4.78, 5) is 0. The minimum Gasteiger partial charge on any atom is -0.284 e. The second-order valence-corrected chi connectivity index (χ2v) is 5.93. The highest BCUT2D eigenvalue weighted by molar-refractivity contribution is 7.87. The summed E-state index contributed by atoms with van der Waals surface area (Å²) in [5, 5.41) is 0. The van der Waals surface area contributed by atoms with Crippen molar-refractivity contribution in [3.8, 4) is 11.1 Å². The summed E-state index contributed by atoms with van der Waals surface area (Å²) >= 11 is 0. The summed E-state index contributed by atoms with van der Waals surface area (Å²) in [6.45, 7) is 0.753. The first-order valence-electron chi connectivity index (χ1n) is 4.32. The molecular weight excluding hydrogens is 272 g/mol. The van der Waals surface area contributed by atoms with Gasteiger partial charge in [-0.1, -0.05) is 24.3 Å². The van der Waals surface area contributed by atoms with E-state index in [1.807, 2.05) is 0 Å². The first-order valence-corrected chi connectivity index (χ1v) is 7.19. The monoisotopic (exact) mass is 282 g/mol. The van der Waals surface area contributed by atoms with Crippen molar-refractivity contribution >= 4 is 20.5 Å². The second-order valence-electron chi connectivity index (χ2n) is 3.18. The van der Waals surface area contributed by atoms with Crippen molar-refractivity contribution in [2.24, 2.45) is 0 Å². The van der Waals surface area contributed by atoms with Crippen LogP contribution < -0.4 is 0 Å². The SMILES string of the molecule is CC(OS(=O)(=O)O)S(=O)(=O)O.c1cc2ccc1-2. The standard InChI is InChI=1S/C6H4.C2H6O7S2/c1-2-6-4-3-5(1)6;1-2(10(3,4)5)9-11(6,7)8/h1-4H;2H,1H3,(H,3,4,5)(H,6,7,8). The highest BCUT2D eigenvalue weighted by Crippen LogP contribution is 2.29. The van der Waals surface area contributed by atoms with Crippen LogP contribution in [0.2, 0.25) is 0 Å². The zero-order chi connectivity index (χ0) is 13.3. The Hall–Kier alpha value is -1.00. The molecule has 2 rings (SSSR count). The van der Waals surface area contributed by atoms with E-state index in [9.17, 15) is 16.8 Å². The van der Waals surface area contributed by atoms with E-state index in [-0.39, 0.29) is 0 Å². The Labute approximate surface area is 98.7 Å². The van der Waals surface area contributed by atoms with Crippen LogP contribution >= 0.6 is 0 Å². The molecule has 17 heavy (non-hydrogen) atoms. The van der Waals surface area contributed by atoms with Gasteiger partial charge < -0.3 is 0 Å². The molecule has 0 radical (unpaired) electrons. The smallest absolute Gasteiger partial charge is 0.284 e. The average molecular weight is 282 g/mol. The number of hydrogen-bond acceptors (Lipinski definition) is 5. The maximum absolute atomic E-state index is 10.1. The zero-order valence-corrected chi connectivity index (χ0v) is 10.3. The molecule has 0 aromatic carbocycles. The van der Waals surface area contributed by atoms with Crippen LogP contribution in [0.4, 0.5) is 0 Å². The third-order valence-corrected chi connectivity index (χ3v) is 3.48. The second kappa shape index (κ2) is 4.70. The van der Waals surface area contributed by atoms with Crippen LogP contribution in [0.5, 0.6) is 0 Å². The van der Waals surface area contributed by atoms with Crippen LogP contribution in [0.25, 0.3) is 11.1 Å². The molecule has 0 aromatic heterocycles. The van der Waals surface area contributed by atoms with Crippen LogP contribution in [-0.2, 0) is 24.7 Å². The molecule has 0 amide bonds. The van der Waals surface area contributed by atoms with Crippen LogP contribution in [0.1, 0.15) is 6.92 Å². The maximum atomic E-state index is 10.1. The number of benzene rings is 1. The van der Waals surface area contributed by atoms with Gasteiger partial charge in [-0.25, -0.2) is 4.18 Å². The normalized spacial score (nSPS) is 14.5. The molecular formula is C8H10O7S2. The van der Waals surface area contributed by atoms with Gasteiger partial charge in [-0.3, -0.25) is 9.11 Å². The fraction of sp³-hybridized carbons (Fsp3) is 0.250. The van der Waals surface area contributed by atoms with Crippen LogP contribution in [0.3, 0.4) is 0 Å². The third-order valence-electron chi connectivity index (χ3n) is 1.89. The Morgan fingerprint density at radius 3 is 1.41 bits per heavy atom. The highest BCUT2D eigenvalue weighted by atomic mass is 32.3.